The maximum atomic E-state index is 12.0. The quantitative estimate of drug-likeness (QED) is 0.453. The van der Waals surface area contributed by atoms with Gasteiger partial charge < -0.3 is 4.79 Å². The number of carbonyl (C=O) groups is 3. The van der Waals surface area contributed by atoms with Gasteiger partial charge in [-0.1, -0.05) is 30.3 Å². The van der Waals surface area contributed by atoms with Crippen molar-refractivity contribution in [2.45, 2.75) is 19.8 Å². The summed E-state index contributed by atoms with van der Waals surface area (Å²) in [6.07, 6.45) is 0.573. The third-order valence-electron chi connectivity index (χ3n) is 2.52. The van der Waals surface area contributed by atoms with E-state index in [2.05, 4.69) is 0 Å². The van der Waals surface area contributed by atoms with E-state index in [0.717, 1.165) is 4.90 Å². The second-order valence-electron chi connectivity index (χ2n) is 3.63. The fourth-order valence-corrected chi connectivity index (χ4v) is 1.64. The predicted molar refractivity (Wildman–Crippen MR) is 70.5 cm³/mol. The van der Waals surface area contributed by atoms with Crippen LogP contribution in [0.1, 0.15) is 25.3 Å². The predicted octanol–water partition coefficient (Wildman–Crippen LogP) is 0.716. The third kappa shape index (κ3) is 4.05. The molecule has 0 aromatic heterocycles. The van der Waals surface area contributed by atoms with Crippen LogP contribution in [0.4, 0.5) is 0 Å². The summed E-state index contributed by atoms with van der Waals surface area (Å²) in [5.74, 6) is -1.72. The summed E-state index contributed by atoms with van der Waals surface area (Å²) in [6, 6.07) is 8.71. The first kappa shape index (κ1) is 17.0. The number of benzene rings is 1. The Morgan fingerprint density at radius 3 is 2.22 bits per heavy atom. The van der Waals surface area contributed by atoms with Crippen molar-refractivity contribution < 1.29 is 14.4 Å². The van der Waals surface area contributed by atoms with Gasteiger partial charge in [-0.3, -0.25) is 14.5 Å². The Morgan fingerprint density at radius 1 is 1.28 bits per heavy atom. The fraction of sp³-hybridized carbons (Fsp3) is 0.308. The molecule has 1 rings (SSSR count). The number of amides is 2. The molecule has 0 saturated heterocycles. The Labute approximate surface area is 129 Å². The Kier molecular flexibility index (Phi) is 7.75. The summed E-state index contributed by atoms with van der Waals surface area (Å²) in [7, 11) is 0. The summed E-state index contributed by atoms with van der Waals surface area (Å²) in [4.78, 5) is 35.4. The van der Waals surface area contributed by atoms with Crippen LogP contribution in [0.2, 0.25) is 0 Å². The van der Waals surface area contributed by atoms with Gasteiger partial charge in [0.25, 0.3) is 0 Å². The third-order valence-corrected chi connectivity index (χ3v) is 2.52. The molecule has 1 atom stereocenters. The van der Waals surface area contributed by atoms with Gasteiger partial charge in [-0.25, -0.2) is 0 Å². The summed E-state index contributed by atoms with van der Waals surface area (Å²) in [5.41, 5.74) is 0.604. The zero-order valence-electron chi connectivity index (χ0n) is 9.92. The van der Waals surface area contributed by atoms with E-state index in [1.165, 1.54) is 6.92 Å². The number of likely N-dealkylation sites (N-methyl/N-ethyl adjacent to an activating group) is 1. The fourth-order valence-electron chi connectivity index (χ4n) is 1.64. The summed E-state index contributed by atoms with van der Waals surface area (Å²) in [5, 5.41) is 0. The van der Waals surface area contributed by atoms with E-state index in [4.69, 9.17) is 0 Å². The van der Waals surface area contributed by atoms with Crippen LogP contribution in [0, 0.1) is 0 Å². The van der Waals surface area contributed by atoms with Crippen molar-refractivity contribution in [3.63, 3.8) is 0 Å². The van der Waals surface area contributed by atoms with Crippen molar-refractivity contribution in [3.8, 4) is 0 Å². The molecule has 0 aliphatic carbocycles. The van der Waals surface area contributed by atoms with Gasteiger partial charge in [0.1, 0.15) is 12.2 Å². The first-order valence-corrected chi connectivity index (χ1v) is 5.44. The molecule has 0 N–H and O–H groups in total. The molecule has 5 heteroatoms. The van der Waals surface area contributed by atoms with E-state index in [1.54, 1.807) is 37.3 Å². The summed E-state index contributed by atoms with van der Waals surface area (Å²) in [6.45, 7) is 3.28. The second-order valence-corrected chi connectivity index (χ2v) is 3.63. The molecule has 0 fully saturated rings. The van der Waals surface area contributed by atoms with E-state index in [-0.39, 0.29) is 42.0 Å². The Balaban J connectivity index is 0.00000289. The van der Waals surface area contributed by atoms with E-state index < -0.39 is 11.8 Å². The van der Waals surface area contributed by atoms with Gasteiger partial charge in [0, 0.05) is 13.5 Å². The number of imide groups is 1. The van der Waals surface area contributed by atoms with E-state index in [0.29, 0.717) is 11.8 Å². The number of nitrogens with zero attached hydrogens (tertiary/aromatic N) is 1. The van der Waals surface area contributed by atoms with Crippen LogP contribution in [0.3, 0.4) is 0 Å². The first-order valence-electron chi connectivity index (χ1n) is 5.44. The number of hydrogen-bond acceptors (Lipinski definition) is 3. The van der Waals surface area contributed by atoms with Crippen LogP contribution >= 0.6 is 0 Å². The molecule has 92 valence electrons. The molecule has 4 nitrogen and oxygen atoms in total. The minimum atomic E-state index is -0.903. The molecule has 0 saturated carbocycles. The van der Waals surface area contributed by atoms with Gasteiger partial charge in [-0.15, -0.1) is 0 Å². The zero-order chi connectivity index (χ0) is 12.8. The van der Waals surface area contributed by atoms with Crippen LogP contribution in [-0.2, 0) is 14.4 Å². The van der Waals surface area contributed by atoms with Crippen molar-refractivity contribution in [2.75, 3.05) is 6.54 Å². The molecular formula is C13H16NNaO3. The van der Waals surface area contributed by atoms with E-state index in [1.807, 2.05) is 0 Å². The monoisotopic (exact) mass is 257 g/mol. The zero-order valence-corrected chi connectivity index (χ0v) is 9.92. The summed E-state index contributed by atoms with van der Waals surface area (Å²) < 4.78 is 0. The van der Waals surface area contributed by atoms with Crippen LogP contribution in [0.25, 0.3) is 0 Å². The molecule has 0 spiro atoms. The Bertz CT molecular complexity index is 420. The molecule has 1 unspecified atom stereocenters. The SMILES string of the molecule is CCN(C(C)=O)C(=O)C(C=O)c1ccccc1.[NaH]. The van der Waals surface area contributed by atoms with Crippen molar-refractivity contribution in [1.82, 2.24) is 4.90 Å². The van der Waals surface area contributed by atoms with Crippen LogP contribution in [-0.4, -0.2) is 59.1 Å². The van der Waals surface area contributed by atoms with Gasteiger partial charge in [0.15, 0.2) is 0 Å². The molecule has 0 bridgehead atoms. The van der Waals surface area contributed by atoms with Crippen molar-refractivity contribution >= 4 is 47.7 Å². The summed E-state index contributed by atoms with van der Waals surface area (Å²) >= 11 is 0. The molecule has 0 heterocycles. The maximum absolute atomic E-state index is 12.0. The standard InChI is InChI=1S/C13H15NO3.Na.H/c1-3-14(10(2)16)13(17)12(9-15)11-7-5-4-6-8-11;;/h4-9,12H,3H2,1-2H3;;. The average Bonchev–Trinajstić information content (AvgIpc) is 2.31. The number of carbonyl (C=O) groups excluding carboxylic acids is 3. The van der Waals surface area contributed by atoms with Crippen molar-refractivity contribution in [3.05, 3.63) is 35.9 Å². The number of hydrogen-bond donors (Lipinski definition) is 0. The molecule has 0 aliphatic rings. The normalized spacial score (nSPS) is 11.0. The van der Waals surface area contributed by atoms with Gasteiger partial charge >= 0.3 is 29.6 Å². The topological polar surface area (TPSA) is 54.5 Å². The van der Waals surface area contributed by atoms with Gasteiger partial charge in [0.2, 0.25) is 11.8 Å². The molecule has 2 amide bonds. The van der Waals surface area contributed by atoms with Crippen molar-refractivity contribution in [2.24, 2.45) is 0 Å². The number of rotatable bonds is 4. The molecule has 1 aromatic rings. The van der Waals surface area contributed by atoms with Crippen LogP contribution in [0.5, 0.6) is 0 Å². The Morgan fingerprint density at radius 2 is 1.83 bits per heavy atom. The number of aldehydes is 1. The second kappa shape index (κ2) is 8.19. The van der Waals surface area contributed by atoms with Gasteiger partial charge in [0.05, 0.1) is 0 Å². The first-order chi connectivity index (χ1) is 8.11. The molecule has 0 radical (unpaired) electrons. The van der Waals surface area contributed by atoms with Crippen molar-refractivity contribution in [1.29, 1.82) is 0 Å². The Hall–Kier alpha value is -0.970. The van der Waals surface area contributed by atoms with E-state index >= 15 is 0 Å². The van der Waals surface area contributed by atoms with Crippen LogP contribution in [0.15, 0.2) is 30.3 Å². The molecule has 0 aliphatic heterocycles. The van der Waals surface area contributed by atoms with E-state index in [9.17, 15) is 14.4 Å². The van der Waals surface area contributed by atoms with Crippen LogP contribution < -0.4 is 0 Å². The average molecular weight is 257 g/mol. The van der Waals surface area contributed by atoms with Gasteiger partial charge in [-0.05, 0) is 12.5 Å². The minimum absolute atomic E-state index is 0. The molecule has 18 heavy (non-hydrogen) atoms. The molecular weight excluding hydrogens is 241 g/mol. The van der Waals surface area contributed by atoms with Gasteiger partial charge in [-0.2, -0.15) is 0 Å². The molecule has 1 aromatic carbocycles.